The first kappa shape index (κ1) is 25.9. The van der Waals surface area contributed by atoms with Crippen LogP contribution in [0.25, 0.3) is 21.9 Å². The Hall–Kier alpha value is -5.00. The molecule has 0 saturated carbocycles. The zero-order valence-corrected chi connectivity index (χ0v) is 23.4. The highest BCUT2D eigenvalue weighted by molar-refractivity contribution is 6.36. The van der Waals surface area contributed by atoms with Gasteiger partial charge < -0.3 is 9.64 Å². The van der Waals surface area contributed by atoms with Crippen LogP contribution in [0, 0.1) is 0 Å². The van der Waals surface area contributed by atoms with Gasteiger partial charge in [-0.3, -0.25) is 9.59 Å². The fourth-order valence-electron chi connectivity index (χ4n) is 6.21. The number of benzene rings is 5. The highest BCUT2D eigenvalue weighted by atomic mass is 16.5. The fourth-order valence-corrected chi connectivity index (χ4v) is 6.21. The molecule has 2 amide bonds. The third kappa shape index (κ3) is 4.39. The minimum absolute atomic E-state index is 0.302. The Morgan fingerprint density at radius 2 is 1.21 bits per heavy atom. The normalized spacial score (nSPS) is 15.6. The van der Waals surface area contributed by atoms with Crippen LogP contribution >= 0.6 is 0 Å². The number of hydrogen-bond acceptors (Lipinski definition) is 4. The van der Waals surface area contributed by atoms with E-state index < -0.39 is 0 Å². The third-order valence-electron chi connectivity index (χ3n) is 8.29. The SMILES string of the molecule is C/C(=C(/c1ccccc1)c1ccc(N2C(=O)c3cccc4c(N5CCOCC5)ccc(c34)C2=O)cc1)c1ccccc1. The number of amides is 2. The van der Waals surface area contributed by atoms with E-state index in [0.717, 1.165) is 57.4 Å². The average molecular weight is 551 g/mol. The molecule has 206 valence electrons. The van der Waals surface area contributed by atoms with Crippen LogP contribution in [0.3, 0.4) is 0 Å². The van der Waals surface area contributed by atoms with Crippen molar-refractivity contribution in [2.45, 2.75) is 6.92 Å². The van der Waals surface area contributed by atoms with E-state index in [0.29, 0.717) is 30.0 Å². The number of imide groups is 1. The zero-order valence-electron chi connectivity index (χ0n) is 23.4. The van der Waals surface area contributed by atoms with Crippen molar-refractivity contribution in [3.8, 4) is 0 Å². The highest BCUT2D eigenvalue weighted by Crippen LogP contribution is 2.39. The molecule has 5 nitrogen and oxygen atoms in total. The Labute approximate surface area is 245 Å². The lowest BCUT2D eigenvalue weighted by atomic mass is 9.90. The number of morpholine rings is 1. The van der Waals surface area contributed by atoms with Crippen molar-refractivity contribution in [1.82, 2.24) is 0 Å². The Morgan fingerprint density at radius 1 is 0.619 bits per heavy atom. The number of carbonyl (C=O) groups is 2. The molecule has 7 rings (SSSR count). The van der Waals surface area contributed by atoms with E-state index in [1.165, 1.54) is 4.90 Å². The van der Waals surface area contributed by atoms with E-state index in [1.807, 2.05) is 91.0 Å². The predicted octanol–water partition coefficient (Wildman–Crippen LogP) is 7.46. The smallest absolute Gasteiger partial charge is 0.265 e. The maximum absolute atomic E-state index is 13.9. The van der Waals surface area contributed by atoms with Gasteiger partial charge in [-0.15, -0.1) is 0 Å². The van der Waals surface area contributed by atoms with Gasteiger partial charge in [-0.1, -0.05) is 84.9 Å². The van der Waals surface area contributed by atoms with Gasteiger partial charge in [0.05, 0.1) is 18.9 Å². The fraction of sp³-hybridized carbons (Fsp3) is 0.135. The maximum Gasteiger partial charge on any atom is 0.265 e. The lowest BCUT2D eigenvalue weighted by Gasteiger charge is -2.32. The van der Waals surface area contributed by atoms with E-state index in [9.17, 15) is 9.59 Å². The first-order valence-corrected chi connectivity index (χ1v) is 14.3. The first-order chi connectivity index (χ1) is 20.6. The van der Waals surface area contributed by atoms with Crippen molar-refractivity contribution in [3.63, 3.8) is 0 Å². The summed E-state index contributed by atoms with van der Waals surface area (Å²) < 4.78 is 5.53. The summed E-state index contributed by atoms with van der Waals surface area (Å²) in [4.78, 5) is 31.4. The average Bonchev–Trinajstić information content (AvgIpc) is 3.05. The quantitative estimate of drug-likeness (QED) is 0.168. The van der Waals surface area contributed by atoms with Crippen molar-refractivity contribution >= 4 is 45.1 Å². The number of carbonyl (C=O) groups excluding carboxylic acids is 2. The number of ether oxygens (including phenoxy) is 1. The Balaban J connectivity index is 1.28. The Morgan fingerprint density at radius 3 is 1.88 bits per heavy atom. The molecule has 0 N–H and O–H groups in total. The summed E-state index contributed by atoms with van der Waals surface area (Å²) >= 11 is 0. The molecule has 0 spiro atoms. The standard InChI is InChI=1S/C37H30N2O3/c1-25(26-9-4-2-5-10-26)34(27-11-6-3-7-12-27)28-15-17-29(18-16-28)39-36(40)31-14-8-13-30-33(38-21-23-42-24-22-38)20-19-32(35(30)31)37(39)41/h2-20H,21-24H2,1H3/b34-25+. The molecule has 0 aliphatic carbocycles. The maximum atomic E-state index is 13.9. The van der Waals surface area contributed by atoms with E-state index in [1.54, 1.807) is 0 Å². The molecule has 0 atom stereocenters. The highest BCUT2D eigenvalue weighted by Gasteiger charge is 2.35. The van der Waals surface area contributed by atoms with Crippen LogP contribution in [0.15, 0.2) is 115 Å². The van der Waals surface area contributed by atoms with E-state index in [2.05, 4.69) is 36.1 Å². The Bertz CT molecular complexity index is 1820. The number of allylic oxidation sites excluding steroid dienone is 1. The van der Waals surface area contributed by atoms with E-state index in [-0.39, 0.29) is 11.8 Å². The summed E-state index contributed by atoms with van der Waals surface area (Å²) in [6.45, 7) is 5.02. The van der Waals surface area contributed by atoms with Crippen molar-refractivity contribution in [3.05, 3.63) is 143 Å². The van der Waals surface area contributed by atoms with Gasteiger partial charge in [-0.2, -0.15) is 0 Å². The van der Waals surface area contributed by atoms with Crippen LogP contribution in [-0.4, -0.2) is 38.1 Å². The molecule has 0 bridgehead atoms. The lowest BCUT2D eigenvalue weighted by Crippen LogP contribution is -2.41. The molecule has 5 aromatic rings. The molecule has 5 aromatic carbocycles. The van der Waals surface area contributed by atoms with Gasteiger partial charge in [-0.05, 0) is 65.1 Å². The van der Waals surface area contributed by atoms with Crippen LogP contribution in [0.1, 0.15) is 44.3 Å². The summed E-state index contributed by atoms with van der Waals surface area (Å²) in [7, 11) is 0. The molecule has 2 aliphatic heterocycles. The van der Waals surface area contributed by atoms with Gasteiger partial charge in [0.2, 0.25) is 0 Å². The second kappa shape index (κ2) is 10.8. The van der Waals surface area contributed by atoms with E-state index in [4.69, 9.17) is 4.74 Å². The summed E-state index contributed by atoms with van der Waals surface area (Å²) in [6, 6.07) is 38.0. The second-order valence-electron chi connectivity index (χ2n) is 10.7. The van der Waals surface area contributed by atoms with Crippen LogP contribution < -0.4 is 9.80 Å². The third-order valence-corrected chi connectivity index (χ3v) is 8.29. The van der Waals surface area contributed by atoms with Crippen LogP contribution in [0.5, 0.6) is 0 Å². The van der Waals surface area contributed by atoms with Crippen molar-refractivity contribution in [1.29, 1.82) is 0 Å². The van der Waals surface area contributed by atoms with Crippen molar-refractivity contribution in [2.75, 3.05) is 36.1 Å². The molecule has 0 unspecified atom stereocenters. The molecule has 2 aliphatic rings. The monoisotopic (exact) mass is 550 g/mol. The van der Waals surface area contributed by atoms with Gasteiger partial charge in [0.15, 0.2) is 0 Å². The largest absolute Gasteiger partial charge is 0.378 e. The molecule has 0 aromatic heterocycles. The van der Waals surface area contributed by atoms with Gasteiger partial charge in [0, 0.05) is 40.7 Å². The molecule has 1 saturated heterocycles. The summed E-state index contributed by atoms with van der Waals surface area (Å²) in [5.41, 5.74) is 8.20. The van der Waals surface area contributed by atoms with Gasteiger partial charge in [0.25, 0.3) is 11.8 Å². The van der Waals surface area contributed by atoms with Crippen LogP contribution in [-0.2, 0) is 4.74 Å². The minimum atomic E-state index is -0.302. The molecule has 5 heteroatoms. The molecule has 2 heterocycles. The number of anilines is 2. The number of hydrogen-bond donors (Lipinski definition) is 0. The summed E-state index contributed by atoms with van der Waals surface area (Å²) in [5.74, 6) is -0.603. The second-order valence-corrected chi connectivity index (χ2v) is 10.7. The summed E-state index contributed by atoms with van der Waals surface area (Å²) in [5, 5.41) is 1.66. The molecular weight excluding hydrogens is 520 g/mol. The van der Waals surface area contributed by atoms with Gasteiger partial charge in [-0.25, -0.2) is 4.90 Å². The Kier molecular flexibility index (Phi) is 6.65. The summed E-state index contributed by atoms with van der Waals surface area (Å²) in [6.07, 6.45) is 0. The van der Waals surface area contributed by atoms with Crippen molar-refractivity contribution < 1.29 is 14.3 Å². The number of rotatable bonds is 5. The van der Waals surface area contributed by atoms with Gasteiger partial charge in [0.1, 0.15) is 0 Å². The molecule has 0 radical (unpaired) electrons. The molecule has 42 heavy (non-hydrogen) atoms. The van der Waals surface area contributed by atoms with Crippen LogP contribution in [0.2, 0.25) is 0 Å². The van der Waals surface area contributed by atoms with Crippen molar-refractivity contribution in [2.24, 2.45) is 0 Å². The first-order valence-electron chi connectivity index (χ1n) is 14.3. The van der Waals surface area contributed by atoms with Gasteiger partial charge >= 0.3 is 0 Å². The minimum Gasteiger partial charge on any atom is -0.378 e. The lowest BCUT2D eigenvalue weighted by molar-refractivity contribution is 0.0893. The zero-order chi connectivity index (χ0) is 28.6. The van der Waals surface area contributed by atoms with Crippen LogP contribution in [0.4, 0.5) is 11.4 Å². The predicted molar refractivity (Wildman–Crippen MR) is 169 cm³/mol. The molecular formula is C37H30N2O3. The van der Waals surface area contributed by atoms with E-state index >= 15 is 0 Å². The number of nitrogens with zero attached hydrogens (tertiary/aromatic N) is 2. The molecule has 1 fully saturated rings. The topological polar surface area (TPSA) is 49.9 Å².